The molecule has 0 atom stereocenters. The number of nitrogens with one attached hydrogen (secondary N) is 1. The molecule has 0 aliphatic carbocycles. The predicted molar refractivity (Wildman–Crippen MR) is 139 cm³/mol. The summed E-state index contributed by atoms with van der Waals surface area (Å²) < 4.78 is 29.7. The number of carbonyl (C=O) groups excluding carboxylic acids is 1. The van der Waals surface area contributed by atoms with Crippen molar-refractivity contribution in [1.82, 2.24) is 19.4 Å². The molecule has 1 aliphatic rings. The monoisotopic (exact) mass is 515 g/mol. The van der Waals surface area contributed by atoms with Gasteiger partial charge in [0.25, 0.3) is 5.91 Å². The van der Waals surface area contributed by atoms with Gasteiger partial charge in [0.1, 0.15) is 29.0 Å². The topological polar surface area (TPSA) is 63.1 Å². The summed E-state index contributed by atoms with van der Waals surface area (Å²) >= 11 is 5.85. The first kappa shape index (κ1) is 23.1. The molecule has 3 aromatic carbocycles. The highest BCUT2D eigenvalue weighted by molar-refractivity contribution is 6.30. The maximum Gasteiger partial charge on any atom is 0.254 e. The number of rotatable bonds is 4. The van der Waals surface area contributed by atoms with E-state index in [1.807, 2.05) is 28.8 Å². The number of carbonyl (C=O) groups is 1. The summed E-state index contributed by atoms with van der Waals surface area (Å²) in [5, 5.41) is 4.18. The van der Waals surface area contributed by atoms with Gasteiger partial charge in [0, 0.05) is 41.5 Å². The summed E-state index contributed by atoms with van der Waals surface area (Å²) in [5.74, 6) is 0.295. The molecule has 0 radical (unpaired) electrons. The molecule has 1 N–H and O–H groups in total. The van der Waals surface area contributed by atoms with Gasteiger partial charge < -0.3 is 14.8 Å². The number of imidazole rings is 1. The zero-order chi connectivity index (χ0) is 25.5. The number of pyridine rings is 1. The molecule has 1 amide bonds. The summed E-state index contributed by atoms with van der Waals surface area (Å²) in [6.07, 6.45) is 1.72. The van der Waals surface area contributed by atoms with Crippen molar-refractivity contribution in [2.45, 2.75) is 13.1 Å². The Morgan fingerprint density at radius 1 is 0.973 bits per heavy atom. The van der Waals surface area contributed by atoms with Gasteiger partial charge in [0.05, 0.1) is 17.1 Å². The van der Waals surface area contributed by atoms with Gasteiger partial charge in [-0.05, 0) is 66.7 Å². The normalized spacial score (nSPS) is 13.0. The zero-order valence-corrected chi connectivity index (χ0v) is 20.2. The first-order chi connectivity index (χ1) is 18.0. The predicted octanol–water partition coefficient (Wildman–Crippen LogP) is 6.43. The number of aromatic nitrogens is 3. The lowest BCUT2D eigenvalue weighted by Crippen LogP contribution is -2.38. The van der Waals surface area contributed by atoms with Crippen LogP contribution in [-0.2, 0) is 13.1 Å². The first-order valence-electron chi connectivity index (χ1n) is 11.7. The van der Waals surface area contributed by atoms with Crippen LogP contribution in [0.3, 0.4) is 0 Å². The lowest BCUT2D eigenvalue weighted by atomic mass is 10.1. The lowest BCUT2D eigenvalue weighted by Gasteiger charge is -2.29. The van der Waals surface area contributed by atoms with E-state index in [0.717, 1.165) is 10.9 Å². The Labute approximate surface area is 216 Å². The lowest BCUT2D eigenvalue weighted by molar-refractivity contribution is 0.0708. The van der Waals surface area contributed by atoms with E-state index in [0.29, 0.717) is 47.2 Å². The summed E-state index contributed by atoms with van der Waals surface area (Å²) in [5.41, 5.74) is 3.17. The zero-order valence-electron chi connectivity index (χ0n) is 19.5. The fourth-order valence-electron chi connectivity index (χ4n) is 4.54. The molecule has 9 heteroatoms. The number of hydrogen-bond donors (Lipinski definition) is 1. The van der Waals surface area contributed by atoms with Crippen LogP contribution < -0.4 is 5.32 Å². The van der Waals surface area contributed by atoms with E-state index in [1.165, 1.54) is 24.3 Å². The van der Waals surface area contributed by atoms with Crippen molar-refractivity contribution in [3.8, 4) is 11.3 Å². The first-order valence-corrected chi connectivity index (χ1v) is 12.1. The molecule has 0 unspecified atom stereocenters. The Kier molecular flexibility index (Phi) is 5.81. The van der Waals surface area contributed by atoms with Crippen molar-refractivity contribution in [2.75, 3.05) is 11.9 Å². The Hall–Kier alpha value is -4.30. The fourth-order valence-corrected chi connectivity index (χ4v) is 4.66. The van der Waals surface area contributed by atoms with Crippen molar-refractivity contribution < 1.29 is 13.6 Å². The average molecular weight is 516 g/mol. The number of amides is 1. The number of benzene rings is 3. The molecule has 2 aromatic heterocycles. The van der Waals surface area contributed by atoms with Crippen molar-refractivity contribution in [3.63, 3.8) is 0 Å². The molecular formula is C28H20ClF2N5O. The molecule has 3 heterocycles. The van der Waals surface area contributed by atoms with E-state index in [2.05, 4.69) is 10.3 Å². The fraction of sp³-hybridized carbons (Fsp3) is 0.107. The Morgan fingerprint density at radius 3 is 2.62 bits per heavy atom. The minimum absolute atomic E-state index is 0.0262. The Bertz CT molecular complexity index is 1650. The molecule has 0 bridgehead atoms. The molecule has 0 saturated heterocycles. The maximum atomic E-state index is 14.1. The second-order valence-electron chi connectivity index (χ2n) is 8.78. The van der Waals surface area contributed by atoms with Gasteiger partial charge in [0.15, 0.2) is 0 Å². The number of halogens is 3. The van der Waals surface area contributed by atoms with Gasteiger partial charge in [-0.2, -0.15) is 0 Å². The SMILES string of the molecule is O=C(c1ccc2ncccc2c1)N1CCn2c(nc(-c3ccc(F)cc3)c2Nc2ccc(Cl)c(F)c2)C1. The third kappa shape index (κ3) is 4.40. The van der Waals surface area contributed by atoms with Crippen LogP contribution in [0.15, 0.2) is 79.0 Å². The molecule has 1 aliphatic heterocycles. The number of nitrogens with zero attached hydrogens (tertiary/aromatic N) is 4. The van der Waals surface area contributed by atoms with E-state index in [-0.39, 0.29) is 23.3 Å². The quantitative estimate of drug-likeness (QED) is 0.299. The minimum Gasteiger partial charge on any atom is -0.340 e. The van der Waals surface area contributed by atoms with E-state index < -0.39 is 5.82 Å². The standard InChI is InChI=1S/C28H20ClF2N5O/c29-22-9-8-21(15-23(22)31)33-27-26(17-3-6-20(30)7-4-17)34-25-16-35(12-13-36(25)27)28(37)19-5-10-24-18(14-19)2-1-11-32-24/h1-11,14-15,33H,12-13,16H2. The van der Waals surface area contributed by atoms with Crippen LogP contribution in [0.4, 0.5) is 20.3 Å². The van der Waals surface area contributed by atoms with Crippen molar-refractivity contribution in [1.29, 1.82) is 0 Å². The number of anilines is 2. The summed E-state index contributed by atoms with van der Waals surface area (Å²) in [6.45, 7) is 1.22. The smallest absolute Gasteiger partial charge is 0.254 e. The van der Waals surface area contributed by atoms with Gasteiger partial charge in [-0.15, -0.1) is 0 Å². The summed E-state index contributed by atoms with van der Waals surface area (Å²) in [4.78, 5) is 24.3. The van der Waals surface area contributed by atoms with Gasteiger partial charge in [-0.3, -0.25) is 9.78 Å². The van der Waals surface area contributed by atoms with E-state index in [9.17, 15) is 13.6 Å². The Balaban J connectivity index is 1.35. The van der Waals surface area contributed by atoms with Crippen LogP contribution in [-0.4, -0.2) is 31.9 Å². The van der Waals surface area contributed by atoms with Crippen LogP contribution in [0.1, 0.15) is 16.2 Å². The minimum atomic E-state index is -0.546. The summed E-state index contributed by atoms with van der Waals surface area (Å²) in [6, 6.07) is 19.7. The molecule has 6 nitrogen and oxygen atoms in total. The largest absolute Gasteiger partial charge is 0.340 e. The molecule has 0 fully saturated rings. The van der Waals surface area contributed by atoms with Crippen molar-refractivity contribution in [2.24, 2.45) is 0 Å². The van der Waals surface area contributed by atoms with E-state index >= 15 is 0 Å². The van der Waals surface area contributed by atoms with E-state index in [4.69, 9.17) is 16.6 Å². The van der Waals surface area contributed by atoms with Crippen LogP contribution >= 0.6 is 11.6 Å². The third-order valence-electron chi connectivity index (χ3n) is 6.41. The van der Waals surface area contributed by atoms with Crippen LogP contribution in [0.2, 0.25) is 5.02 Å². The van der Waals surface area contributed by atoms with Gasteiger partial charge in [-0.1, -0.05) is 17.7 Å². The van der Waals surface area contributed by atoms with Crippen molar-refractivity contribution in [3.05, 3.63) is 107 Å². The second-order valence-corrected chi connectivity index (χ2v) is 9.18. The van der Waals surface area contributed by atoms with Crippen molar-refractivity contribution >= 4 is 39.9 Å². The van der Waals surface area contributed by atoms with Crippen LogP contribution in [0, 0.1) is 11.6 Å². The highest BCUT2D eigenvalue weighted by Crippen LogP contribution is 2.34. The van der Waals surface area contributed by atoms with Crippen LogP contribution in [0.25, 0.3) is 22.2 Å². The molecule has 5 aromatic rings. The highest BCUT2D eigenvalue weighted by Gasteiger charge is 2.28. The number of hydrogen-bond acceptors (Lipinski definition) is 4. The van der Waals surface area contributed by atoms with Crippen LogP contribution in [0.5, 0.6) is 0 Å². The molecular weight excluding hydrogens is 496 g/mol. The van der Waals surface area contributed by atoms with E-state index in [1.54, 1.807) is 35.4 Å². The number of fused-ring (bicyclic) bond motifs is 2. The molecule has 0 saturated carbocycles. The summed E-state index contributed by atoms with van der Waals surface area (Å²) in [7, 11) is 0. The average Bonchev–Trinajstić information content (AvgIpc) is 3.27. The van der Waals surface area contributed by atoms with Gasteiger partial charge in [-0.25, -0.2) is 13.8 Å². The molecule has 0 spiro atoms. The Morgan fingerprint density at radius 2 is 1.81 bits per heavy atom. The second kappa shape index (κ2) is 9.29. The third-order valence-corrected chi connectivity index (χ3v) is 6.72. The molecule has 184 valence electrons. The van der Waals surface area contributed by atoms with Gasteiger partial charge >= 0.3 is 0 Å². The highest BCUT2D eigenvalue weighted by atomic mass is 35.5. The van der Waals surface area contributed by atoms with Gasteiger partial charge in [0.2, 0.25) is 0 Å². The molecule has 6 rings (SSSR count). The molecule has 37 heavy (non-hydrogen) atoms. The maximum absolute atomic E-state index is 14.1.